The van der Waals surface area contributed by atoms with Crippen LogP contribution in [-0.2, 0) is 9.47 Å². The fraction of sp³-hybridized carbons (Fsp3) is 0.818. The lowest BCUT2D eigenvalue weighted by Crippen LogP contribution is -2.43. The molecule has 4 aliphatic carbocycles. The Morgan fingerprint density at radius 3 is 2.58 bits per heavy atom. The third-order valence-corrected chi connectivity index (χ3v) is 8.66. The molecule has 0 bridgehead atoms. The SMILES string of the molecule is CC1(C)CC[C@H]2[C@@H]3CCC4=C(CCC5(C4)OCCO5)C3=CC[C@@]21C. The van der Waals surface area contributed by atoms with Crippen molar-refractivity contribution in [3.05, 3.63) is 22.8 Å². The second kappa shape index (κ2) is 4.98. The predicted octanol–water partition coefficient (Wildman–Crippen LogP) is 5.39. The average Bonchev–Trinajstić information content (AvgIpc) is 3.10. The van der Waals surface area contributed by atoms with E-state index < -0.39 is 0 Å². The molecule has 1 heterocycles. The third kappa shape index (κ3) is 1.96. The van der Waals surface area contributed by atoms with Crippen LogP contribution in [0.3, 0.4) is 0 Å². The smallest absolute Gasteiger partial charge is 0.172 e. The van der Waals surface area contributed by atoms with Crippen LogP contribution in [0.15, 0.2) is 22.8 Å². The van der Waals surface area contributed by atoms with Crippen LogP contribution in [0.4, 0.5) is 0 Å². The van der Waals surface area contributed by atoms with Gasteiger partial charge < -0.3 is 9.47 Å². The van der Waals surface area contributed by atoms with Crippen molar-refractivity contribution in [1.82, 2.24) is 0 Å². The highest BCUT2D eigenvalue weighted by Crippen LogP contribution is 2.65. The maximum absolute atomic E-state index is 6.00. The van der Waals surface area contributed by atoms with Crippen molar-refractivity contribution in [1.29, 1.82) is 0 Å². The van der Waals surface area contributed by atoms with Crippen LogP contribution in [0.1, 0.15) is 72.1 Å². The van der Waals surface area contributed by atoms with Crippen molar-refractivity contribution >= 4 is 0 Å². The van der Waals surface area contributed by atoms with E-state index in [1.54, 1.807) is 16.7 Å². The summed E-state index contributed by atoms with van der Waals surface area (Å²) < 4.78 is 12.0. The van der Waals surface area contributed by atoms with E-state index in [-0.39, 0.29) is 5.79 Å². The largest absolute Gasteiger partial charge is 0.347 e. The van der Waals surface area contributed by atoms with Gasteiger partial charge in [0, 0.05) is 12.8 Å². The molecule has 0 amide bonds. The summed E-state index contributed by atoms with van der Waals surface area (Å²) in [6.45, 7) is 9.17. The molecule has 0 N–H and O–H groups in total. The topological polar surface area (TPSA) is 18.5 Å². The van der Waals surface area contributed by atoms with Crippen LogP contribution < -0.4 is 0 Å². The van der Waals surface area contributed by atoms with E-state index in [4.69, 9.17) is 9.47 Å². The molecule has 1 aliphatic heterocycles. The molecule has 5 rings (SSSR count). The lowest BCUT2D eigenvalue weighted by molar-refractivity contribution is -0.164. The quantitative estimate of drug-likeness (QED) is 0.593. The zero-order valence-corrected chi connectivity index (χ0v) is 15.6. The first kappa shape index (κ1) is 15.6. The van der Waals surface area contributed by atoms with Crippen molar-refractivity contribution in [2.75, 3.05) is 13.2 Å². The Kier molecular flexibility index (Phi) is 3.24. The number of fused-ring (bicyclic) bond motifs is 4. The van der Waals surface area contributed by atoms with Crippen LogP contribution in [-0.4, -0.2) is 19.0 Å². The molecule has 1 saturated heterocycles. The predicted molar refractivity (Wildman–Crippen MR) is 95.5 cm³/mol. The number of ether oxygens (including phenoxy) is 2. The average molecular weight is 328 g/mol. The first-order valence-electron chi connectivity index (χ1n) is 10.1. The maximum Gasteiger partial charge on any atom is 0.172 e. The number of rotatable bonds is 0. The van der Waals surface area contributed by atoms with Crippen LogP contribution in [0.25, 0.3) is 0 Å². The molecule has 0 unspecified atom stereocenters. The standard InChI is InChI=1S/C22H32O2/c1-20(2)9-8-19-18-5-4-15-14-22(23-12-13-24-22)11-7-16(15)17(18)6-10-21(19,20)3/h6,18-19H,4-5,7-14H2,1-3H3/t18-,19+,21+/m1/s1. The third-order valence-electron chi connectivity index (χ3n) is 8.66. The van der Waals surface area contributed by atoms with Crippen molar-refractivity contribution in [2.45, 2.75) is 77.9 Å². The first-order chi connectivity index (χ1) is 11.4. The van der Waals surface area contributed by atoms with Crippen LogP contribution >= 0.6 is 0 Å². The van der Waals surface area contributed by atoms with E-state index >= 15 is 0 Å². The Morgan fingerprint density at radius 2 is 1.79 bits per heavy atom. The van der Waals surface area contributed by atoms with Gasteiger partial charge in [-0.15, -0.1) is 0 Å². The Bertz CT molecular complexity index is 620. The van der Waals surface area contributed by atoms with Crippen molar-refractivity contribution < 1.29 is 9.47 Å². The summed E-state index contributed by atoms with van der Waals surface area (Å²) in [6, 6.07) is 0. The molecule has 0 aromatic heterocycles. The fourth-order valence-corrected chi connectivity index (χ4v) is 6.76. The summed E-state index contributed by atoms with van der Waals surface area (Å²) in [5, 5.41) is 0. The molecule has 1 spiro atoms. The molecular formula is C22H32O2. The summed E-state index contributed by atoms with van der Waals surface area (Å²) in [6.07, 6.45) is 12.7. The molecule has 2 heteroatoms. The van der Waals surface area contributed by atoms with Crippen molar-refractivity contribution in [2.24, 2.45) is 22.7 Å². The Labute approximate surface area is 146 Å². The highest BCUT2D eigenvalue weighted by Gasteiger charge is 2.56. The van der Waals surface area contributed by atoms with Gasteiger partial charge in [0.15, 0.2) is 5.79 Å². The van der Waals surface area contributed by atoms with E-state index in [0.29, 0.717) is 10.8 Å². The Hall–Kier alpha value is -0.600. The van der Waals surface area contributed by atoms with Gasteiger partial charge in [0.2, 0.25) is 0 Å². The molecular weight excluding hydrogens is 296 g/mol. The minimum absolute atomic E-state index is 0.259. The molecule has 24 heavy (non-hydrogen) atoms. The van der Waals surface area contributed by atoms with Crippen molar-refractivity contribution in [3.63, 3.8) is 0 Å². The molecule has 2 nitrogen and oxygen atoms in total. The van der Waals surface area contributed by atoms with Gasteiger partial charge in [0.05, 0.1) is 13.2 Å². The second-order valence-corrected chi connectivity index (χ2v) is 9.82. The molecule has 1 saturated carbocycles. The highest BCUT2D eigenvalue weighted by molar-refractivity contribution is 5.44. The minimum Gasteiger partial charge on any atom is -0.347 e. The summed E-state index contributed by atoms with van der Waals surface area (Å²) in [4.78, 5) is 0. The second-order valence-electron chi connectivity index (χ2n) is 9.82. The van der Waals surface area contributed by atoms with E-state index in [2.05, 4.69) is 26.8 Å². The highest BCUT2D eigenvalue weighted by atomic mass is 16.7. The number of hydrogen-bond acceptors (Lipinski definition) is 2. The van der Waals surface area contributed by atoms with Gasteiger partial charge in [-0.3, -0.25) is 0 Å². The van der Waals surface area contributed by atoms with Gasteiger partial charge >= 0.3 is 0 Å². The molecule has 5 aliphatic rings. The molecule has 0 aromatic carbocycles. The van der Waals surface area contributed by atoms with E-state index in [1.807, 2.05) is 0 Å². The molecule has 132 valence electrons. The van der Waals surface area contributed by atoms with Gasteiger partial charge in [0.25, 0.3) is 0 Å². The zero-order chi connectivity index (χ0) is 16.6. The summed E-state index contributed by atoms with van der Waals surface area (Å²) in [5.74, 6) is 1.46. The maximum atomic E-state index is 6.00. The number of allylic oxidation sites excluding steroid dienone is 3. The van der Waals surface area contributed by atoms with Gasteiger partial charge in [-0.1, -0.05) is 32.4 Å². The number of hydrogen-bond donors (Lipinski definition) is 0. The van der Waals surface area contributed by atoms with E-state index in [0.717, 1.165) is 37.9 Å². The molecule has 3 atom stereocenters. The lowest BCUT2D eigenvalue weighted by Gasteiger charge is -2.51. The fourth-order valence-electron chi connectivity index (χ4n) is 6.76. The minimum atomic E-state index is -0.259. The van der Waals surface area contributed by atoms with Crippen molar-refractivity contribution in [3.8, 4) is 0 Å². The molecule has 0 aromatic rings. The van der Waals surface area contributed by atoms with E-state index in [1.165, 1.54) is 38.5 Å². The van der Waals surface area contributed by atoms with Crippen LogP contribution in [0, 0.1) is 22.7 Å². The Balaban J connectivity index is 1.49. The first-order valence-corrected chi connectivity index (χ1v) is 10.1. The van der Waals surface area contributed by atoms with E-state index in [9.17, 15) is 0 Å². The molecule has 2 fully saturated rings. The monoisotopic (exact) mass is 328 g/mol. The summed E-state index contributed by atoms with van der Waals surface area (Å²) in [5.41, 5.74) is 6.11. The Morgan fingerprint density at radius 1 is 1.00 bits per heavy atom. The zero-order valence-electron chi connectivity index (χ0n) is 15.6. The normalized spacial score (nSPS) is 42.5. The van der Waals surface area contributed by atoms with Gasteiger partial charge in [-0.25, -0.2) is 0 Å². The van der Waals surface area contributed by atoms with Gasteiger partial charge in [-0.2, -0.15) is 0 Å². The van der Waals surface area contributed by atoms with Gasteiger partial charge in [0.1, 0.15) is 0 Å². The summed E-state index contributed by atoms with van der Waals surface area (Å²) >= 11 is 0. The van der Waals surface area contributed by atoms with Crippen LogP contribution in [0.5, 0.6) is 0 Å². The summed E-state index contributed by atoms with van der Waals surface area (Å²) in [7, 11) is 0. The van der Waals surface area contributed by atoms with Crippen LogP contribution in [0.2, 0.25) is 0 Å². The molecule has 0 radical (unpaired) electrons. The van der Waals surface area contributed by atoms with Gasteiger partial charge in [-0.05, 0) is 72.3 Å². The lowest BCUT2D eigenvalue weighted by atomic mass is 9.54.